The lowest BCUT2D eigenvalue weighted by atomic mass is 10.2. The third-order valence-corrected chi connectivity index (χ3v) is 3.85. The quantitative estimate of drug-likeness (QED) is 0.594. The van der Waals surface area contributed by atoms with E-state index in [-0.39, 0.29) is 0 Å². The standard InChI is InChI=1S/C19H18ClNO2/c1-14-6-2-9-16(20)19(14)23-13-5-12-22-17-10-3-7-15-8-4-11-21-18(15)17/h2-4,6-11H,5,12-13H2,1H3. The van der Waals surface area contributed by atoms with Gasteiger partial charge in [0.05, 0.1) is 18.2 Å². The van der Waals surface area contributed by atoms with E-state index in [2.05, 4.69) is 4.98 Å². The van der Waals surface area contributed by atoms with E-state index in [1.54, 1.807) is 6.20 Å². The first kappa shape index (κ1) is 15.6. The monoisotopic (exact) mass is 327 g/mol. The molecule has 0 aliphatic heterocycles. The van der Waals surface area contributed by atoms with Gasteiger partial charge in [-0.05, 0) is 30.7 Å². The number of ether oxygens (including phenoxy) is 2. The van der Waals surface area contributed by atoms with Crippen LogP contribution in [0.4, 0.5) is 0 Å². The molecular formula is C19H18ClNO2. The summed E-state index contributed by atoms with van der Waals surface area (Å²) >= 11 is 6.14. The van der Waals surface area contributed by atoms with Crippen molar-refractivity contribution < 1.29 is 9.47 Å². The molecule has 0 fully saturated rings. The number of benzene rings is 2. The van der Waals surface area contributed by atoms with Crippen molar-refractivity contribution in [1.82, 2.24) is 4.98 Å². The lowest BCUT2D eigenvalue weighted by Crippen LogP contribution is -2.06. The van der Waals surface area contributed by atoms with Crippen molar-refractivity contribution in [2.45, 2.75) is 13.3 Å². The highest BCUT2D eigenvalue weighted by Crippen LogP contribution is 2.28. The molecule has 0 atom stereocenters. The summed E-state index contributed by atoms with van der Waals surface area (Å²) in [5.41, 5.74) is 1.93. The first-order chi connectivity index (χ1) is 11.3. The molecule has 4 heteroatoms. The van der Waals surface area contributed by atoms with Gasteiger partial charge in [-0.1, -0.05) is 41.9 Å². The fourth-order valence-corrected chi connectivity index (χ4v) is 2.68. The Morgan fingerprint density at radius 1 is 0.957 bits per heavy atom. The van der Waals surface area contributed by atoms with Crippen molar-refractivity contribution in [3.63, 3.8) is 0 Å². The van der Waals surface area contributed by atoms with Gasteiger partial charge in [0.15, 0.2) is 0 Å². The number of nitrogens with zero attached hydrogens (tertiary/aromatic N) is 1. The molecule has 0 radical (unpaired) electrons. The summed E-state index contributed by atoms with van der Waals surface area (Å²) in [6.07, 6.45) is 2.55. The molecule has 0 N–H and O–H groups in total. The molecule has 3 nitrogen and oxygen atoms in total. The van der Waals surface area contributed by atoms with E-state index in [9.17, 15) is 0 Å². The fraction of sp³-hybridized carbons (Fsp3) is 0.211. The Bertz CT molecular complexity index is 779. The number of para-hydroxylation sites is 2. The molecule has 1 heterocycles. The van der Waals surface area contributed by atoms with Gasteiger partial charge in [0.25, 0.3) is 0 Å². The largest absolute Gasteiger partial charge is 0.492 e. The van der Waals surface area contributed by atoms with Gasteiger partial charge in [0, 0.05) is 18.0 Å². The van der Waals surface area contributed by atoms with Crippen LogP contribution in [0.2, 0.25) is 5.02 Å². The highest BCUT2D eigenvalue weighted by molar-refractivity contribution is 6.32. The van der Waals surface area contributed by atoms with Crippen LogP contribution in [-0.4, -0.2) is 18.2 Å². The summed E-state index contributed by atoms with van der Waals surface area (Å²) in [4.78, 5) is 4.38. The average molecular weight is 328 g/mol. The molecule has 3 aromatic rings. The molecule has 118 valence electrons. The molecule has 23 heavy (non-hydrogen) atoms. The van der Waals surface area contributed by atoms with Crippen molar-refractivity contribution >= 4 is 22.5 Å². The number of hydrogen-bond donors (Lipinski definition) is 0. The average Bonchev–Trinajstić information content (AvgIpc) is 2.57. The molecule has 2 aromatic carbocycles. The zero-order chi connectivity index (χ0) is 16.1. The van der Waals surface area contributed by atoms with Gasteiger partial charge in [-0.2, -0.15) is 0 Å². The maximum Gasteiger partial charge on any atom is 0.145 e. The lowest BCUT2D eigenvalue weighted by Gasteiger charge is -2.12. The Morgan fingerprint density at radius 3 is 2.61 bits per heavy atom. The van der Waals surface area contributed by atoms with Crippen LogP contribution in [0.5, 0.6) is 11.5 Å². The molecule has 0 unspecified atom stereocenters. The van der Waals surface area contributed by atoms with E-state index < -0.39 is 0 Å². The first-order valence-corrected chi connectivity index (χ1v) is 7.98. The van der Waals surface area contributed by atoms with E-state index in [4.69, 9.17) is 21.1 Å². The minimum Gasteiger partial charge on any atom is -0.492 e. The van der Waals surface area contributed by atoms with Crippen LogP contribution in [0.15, 0.2) is 54.7 Å². The molecule has 1 aromatic heterocycles. The highest BCUT2D eigenvalue weighted by atomic mass is 35.5. The Labute approximate surface area is 140 Å². The number of aryl methyl sites for hydroxylation is 1. The van der Waals surface area contributed by atoms with Crippen LogP contribution in [0.3, 0.4) is 0 Å². The second kappa shape index (κ2) is 7.34. The second-order valence-corrected chi connectivity index (χ2v) is 5.67. The Morgan fingerprint density at radius 2 is 1.74 bits per heavy atom. The van der Waals surface area contributed by atoms with Crippen LogP contribution in [0, 0.1) is 6.92 Å². The normalized spacial score (nSPS) is 10.7. The van der Waals surface area contributed by atoms with Crippen LogP contribution in [0.25, 0.3) is 10.9 Å². The topological polar surface area (TPSA) is 31.4 Å². The van der Waals surface area contributed by atoms with Crippen LogP contribution < -0.4 is 9.47 Å². The first-order valence-electron chi connectivity index (χ1n) is 7.60. The predicted octanol–water partition coefficient (Wildman–Crippen LogP) is 5.04. The van der Waals surface area contributed by atoms with E-state index in [0.717, 1.165) is 34.4 Å². The number of fused-ring (bicyclic) bond motifs is 1. The number of aromatic nitrogens is 1. The minimum atomic E-state index is 0.558. The molecule has 3 rings (SSSR count). The van der Waals surface area contributed by atoms with Crippen molar-refractivity contribution in [3.8, 4) is 11.5 Å². The van der Waals surface area contributed by atoms with E-state index in [1.165, 1.54) is 0 Å². The Hall–Kier alpha value is -2.26. The van der Waals surface area contributed by atoms with Gasteiger partial charge >= 0.3 is 0 Å². The van der Waals surface area contributed by atoms with Gasteiger partial charge in [0.2, 0.25) is 0 Å². The Balaban J connectivity index is 1.54. The molecular weight excluding hydrogens is 310 g/mol. The SMILES string of the molecule is Cc1cccc(Cl)c1OCCCOc1cccc2cccnc12. The third-order valence-electron chi connectivity index (χ3n) is 3.55. The van der Waals surface area contributed by atoms with Crippen molar-refractivity contribution in [3.05, 3.63) is 65.3 Å². The van der Waals surface area contributed by atoms with Crippen molar-refractivity contribution in [2.75, 3.05) is 13.2 Å². The van der Waals surface area contributed by atoms with Gasteiger partial charge in [-0.15, -0.1) is 0 Å². The highest BCUT2D eigenvalue weighted by Gasteiger charge is 2.05. The number of pyridine rings is 1. The molecule has 0 saturated carbocycles. The zero-order valence-corrected chi connectivity index (χ0v) is 13.7. The summed E-state index contributed by atoms with van der Waals surface area (Å²) in [6, 6.07) is 15.6. The summed E-state index contributed by atoms with van der Waals surface area (Å²) in [7, 11) is 0. The van der Waals surface area contributed by atoms with Gasteiger partial charge in [-0.3, -0.25) is 4.98 Å². The third kappa shape index (κ3) is 3.74. The molecule has 0 spiro atoms. The maximum atomic E-state index is 6.14. The zero-order valence-electron chi connectivity index (χ0n) is 13.0. The van der Waals surface area contributed by atoms with Gasteiger partial charge in [-0.25, -0.2) is 0 Å². The van der Waals surface area contributed by atoms with E-state index in [1.807, 2.05) is 55.5 Å². The molecule has 0 bridgehead atoms. The molecule has 0 amide bonds. The number of halogens is 1. The van der Waals surface area contributed by atoms with Crippen LogP contribution in [-0.2, 0) is 0 Å². The van der Waals surface area contributed by atoms with Gasteiger partial charge < -0.3 is 9.47 Å². The molecule has 0 aliphatic carbocycles. The van der Waals surface area contributed by atoms with Crippen molar-refractivity contribution in [1.29, 1.82) is 0 Å². The van der Waals surface area contributed by atoms with E-state index in [0.29, 0.717) is 18.2 Å². The molecule has 0 aliphatic rings. The van der Waals surface area contributed by atoms with Crippen LogP contribution in [0.1, 0.15) is 12.0 Å². The second-order valence-electron chi connectivity index (χ2n) is 5.27. The summed E-state index contributed by atoms with van der Waals surface area (Å²) in [6.45, 7) is 3.11. The Kier molecular flexibility index (Phi) is 4.99. The summed E-state index contributed by atoms with van der Waals surface area (Å²) in [5, 5.41) is 1.72. The van der Waals surface area contributed by atoms with Gasteiger partial charge in [0.1, 0.15) is 17.0 Å². The maximum absolute atomic E-state index is 6.14. The smallest absolute Gasteiger partial charge is 0.145 e. The number of rotatable bonds is 6. The van der Waals surface area contributed by atoms with Crippen LogP contribution >= 0.6 is 11.6 Å². The predicted molar refractivity (Wildman–Crippen MR) is 93.5 cm³/mol. The van der Waals surface area contributed by atoms with E-state index >= 15 is 0 Å². The number of hydrogen-bond acceptors (Lipinski definition) is 3. The lowest BCUT2D eigenvalue weighted by molar-refractivity contribution is 0.248. The van der Waals surface area contributed by atoms with Crippen molar-refractivity contribution in [2.24, 2.45) is 0 Å². The summed E-state index contributed by atoms with van der Waals surface area (Å²) in [5.74, 6) is 1.55. The molecule has 0 saturated heterocycles. The fourth-order valence-electron chi connectivity index (χ4n) is 2.41. The summed E-state index contributed by atoms with van der Waals surface area (Å²) < 4.78 is 11.6. The minimum absolute atomic E-state index is 0.558.